The van der Waals surface area contributed by atoms with Crippen LogP contribution < -0.4 is 5.73 Å². The highest BCUT2D eigenvalue weighted by Crippen LogP contribution is 2.33. The van der Waals surface area contributed by atoms with E-state index in [2.05, 4.69) is 38.0 Å². The van der Waals surface area contributed by atoms with Gasteiger partial charge in [-0.1, -0.05) is 13.8 Å². The molecule has 2 heterocycles. The van der Waals surface area contributed by atoms with Gasteiger partial charge in [-0.2, -0.15) is 5.10 Å². The predicted octanol–water partition coefficient (Wildman–Crippen LogP) is 3.24. The van der Waals surface area contributed by atoms with E-state index in [1.54, 1.807) is 16.0 Å². The van der Waals surface area contributed by atoms with Crippen LogP contribution in [0.2, 0.25) is 0 Å². The SMILES string of the molecule is Cc1ccc(-c2nn(C)c(N)c2CC(C)C)s1. The quantitative estimate of drug-likeness (QED) is 0.907. The van der Waals surface area contributed by atoms with Gasteiger partial charge < -0.3 is 5.73 Å². The number of hydrogen-bond donors (Lipinski definition) is 1. The van der Waals surface area contributed by atoms with Crippen molar-refractivity contribution >= 4 is 17.2 Å². The van der Waals surface area contributed by atoms with Crippen molar-refractivity contribution in [1.82, 2.24) is 9.78 Å². The highest BCUT2D eigenvalue weighted by molar-refractivity contribution is 7.15. The van der Waals surface area contributed by atoms with Crippen molar-refractivity contribution in [3.8, 4) is 10.6 Å². The lowest BCUT2D eigenvalue weighted by Crippen LogP contribution is -2.01. The third kappa shape index (κ3) is 2.36. The molecule has 0 saturated carbocycles. The van der Waals surface area contributed by atoms with Gasteiger partial charge >= 0.3 is 0 Å². The summed E-state index contributed by atoms with van der Waals surface area (Å²) >= 11 is 1.77. The molecule has 0 radical (unpaired) electrons. The maximum atomic E-state index is 6.10. The third-order valence-electron chi connectivity index (χ3n) is 2.78. The Labute approximate surface area is 106 Å². The molecule has 0 fully saturated rings. The van der Waals surface area contributed by atoms with Gasteiger partial charge in [-0.3, -0.25) is 4.68 Å². The van der Waals surface area contributed by atoms with Crippen LogP contribution in [-0.2, 0) is 13.5 Å². The number of rotatable bonds is 3. The van der Waals surface area contributed by atoms with E-state index in [4.69, 9.17) is 5.73 Å². The topological polar surface area (TPSA) is 43.8 Å². The van der Waals surface area contributed by atoms with Crippen molar-refractivity contribution in [3.63, 3.8) is 0 Å². The molecule has 0 spiro atoms. The summed E-state index contributed by atoms with van der Waals surface area (Å²) in [6.45, 7) is 6.52. The minimum atomic E-state index is 0.585. The smallest absolute Gasteiger partial charge is 0.125 e. The van der Waals surface area contributed by atoms with Crippen LogP contribution in [0.3, 0.4) is 0 Å². The molecule has 0 amide bonds. The molecule has 2 rings (SSSR count). The first-order chi connectivity index (χ1) is 7.99. The van der Waals surface area contributed by atoms with E-state index < -0.39 is 0 Å². The zero-order chi connectivity index (χ0) is 12.6. The molecule has 2 aromatic rings. The van der Waals surface area contributed by atoms with Crippen molar-refractivity contribution < 1.29 is 0 Å². The molecule has 0 bridgehead atoms. The molecule has 0 aliphatic rings. The van der Waals surface area contributed by atoms with E-state index in [9.17, 15) is 0 Å². The molecule has 3 nitrogen and oxygen atoms in total. The van der Waals surface area contributed by atoms with E-state index in [1.165, 1.54) is 15.3 Å². The van der Waals surface area contributed by atoms with Crippen LogP contribution in [0.25, 0.3) is 10.6 Å². The van der Waals surface area contributed by atoms with Crippen molar-refractivity contribution in [1.29, 1.82) is 0 Å². The molecule has 92 valence electrons. The van der Waals surface area contributed by atoms with Crippen LogP contribution in [0, 0.1) is 12.8 Å². The molecule has 17 heavy (non-hydrogen) atoms. The minimum absolute atomic E-state index is 0.585. The fourth-order valence-electron chi connectivity index (χ4n) is 1.95. The van der Waals surface area contributed by atoms with Crippen molar-refractivity contribution in [2.45, 2.75) is 27.2 Å². The number of nitrogen functional groups attached to an aromatic ring is 1. The molecule has 2 N–H and O–H groups in total. The van der Waals surface area contributed by atoms with E-state index in [0.29, 0.717) is 5.92 Å². The Morgan fingerprint density at radius 2 is 2.12 bits per heavy atom. The molecule has 0 aliphatic carbocycles. The predicted molar refractivity (Wildman–Crippen MR) is 74.2 cm³/mol. The Bertz CT molecular complexity index is 523. The minimum Gasteiger partial charge on any atom is -0.384 e. The van der Waals surface area contributed by atoms with Gasteiger partial charge in [-0.25, -0.2) is 0 Å². The highest BCUT2D eigenvalue weighted by Gasteiger charge is 2.17. The van der Waals surface area contributed by atoms with Crippen molar-refractivity contribution in [2.24, 2.45) is 13.0 Å². The fraction of sp³-hybridized carbons (Fsp3) is 0.462. The van der Waals surface area contributed by atoms with Crippen LogP contribution >= 0.6 is 11.3 Å². The molecule has 2 aromatic heterocycles. The molecule has 0 unspecified atom stereocenters. The Balaban J connectivity index is 2.49. The van der Waals surface area contributed by atoms with Crippen molar-refractivity contribution in [2.75, 3.05) is 5.73 Å². The van der Waals surface area contributed by atoms with E-state index in [0.717, 1.165) is 17.9 Å². The Kier molecular flexibility index (Phi) is 3.24. The number of aryl methyl sites for hydroxylation is 2. The number of aromatic nitrogens is 2. The molecule has 0 atom stereocenters. The lowest BCUT2D eigenvalue weighted by molar-refractivity contribution is 0.649. The number of nitrogens with two attached hydrogens (primary N) is 1. The average Bonchev–Trinajstić information content (AvgIpc) is 2.77. The summed E-state index contributed by atoms with van der Waals surface area (Å²) in [5, 5.41) is 4.55. The Morgan fingerprint density at radius 3 is 2.65 bits per heavy atom. The molecule has 0 aromatic carbocycles. The summed E-state index contributed by atoms with van der Waals surface area (Å²) in [6, 6.07) is 4.26. The van der Waals surface area contributed by atoms with Gasteiger partial charge in [0.2, 0.25) is 0 Å². The fourth-order valence-corrected chi connectivity index (χ4v) is 2.83. The van der Waals surface area contributed by atoms with Gasteiger partial charge in [0, 0.05) is 17.5 Å². The van der Waals surface area contributed by atoms with Gasteiger partial charge in [-0.15, -0.1) is 11.3 Å². The number of hydrogen-bond acceptors (Lipinski definition) is 3. The highest BCUT2D eigenvalue weighted by atomic mass is 32.1. The maximum Gasteiger partial charge on any atom is 0.125 e. The lowest BCUT2D eigenvalue weighted by atomic mass is 10.0. The van der Waals surface area contributed by atoms with Crippen LogP contribution in [0.1, 0.15) is 24.3 Å². The van der Waals surface area contributed by atoms with Gasteiger partial charge in [0.25, 0.3) is 0 Å². The van der Waals surface area contributed by atoms with Crippen LogP contribution in [0.15, 0.2) is 12.1 Å². The molecule has 4 heteroatoms. The second-order valence-electron chi connectivity index (χ2n) is 4.84. The zero-order valence-corrected chi connectivity index (χ0v) is 11.6. The van der Waals surface area contributed by atoms with Crippen LogP contribution in [-0.4, -0.2) is 9.78 Å². The summed E-state index contributed by atoms with van der Waals surface area (Å²) in [7, 11) is 1.91. The van der Waals surface area contributed by atoms with E-state index >= 15 is 0 Å². The van der Waals surface area contributed by atoms with E-state index in [-0.39, 0.29) is 0 Å². The lowest BCUT2D eigenvalue weighted by Gasteiger charge is -2.05. The summed E-state index contributed by atoms with van der Waals surface area (Å²) in [6.07, 6.45) is 0.978. The van der Waals surface area contributed by atoms with Crippen LogP contribution in [0.5, 0.6) is 0 Å². The largest absolute Gasteiger partial charge is 0.384 e. The molecular formula is C13H19N3S. The summed E-state index contributed by atoms with van der Waals surface area (Å²) < 4.78 is 1.78. The van der Waals surface area contributed by atoms with E-state index in [1.807, 2.05) is 7.05 Å². The normalized spacial score (nSPS) is 11.4. The monoisotopic (exact) mass is 249 g/mol. The standard InChI is InChI=1S/C13H19N3S/c1-8(2)7-10-12(15-16(4)13(10)14)11-6-5-9(3)17-11/h5-6,8H,7,14H2,1-4H3. The Hall–Kier alpha value is -1.29. The van der Waals surface area contributed by atoms with Crippen LogP contribution in [0.4, 0.5) is 5.82 Å². The van der Waals surface area contributed by atoms with Gasteiger partial charge in [0.15, 0.2) is 0 Å². The first kappa shape index (κ1) is 12.2. The first-order valence-electron chi connectivity index (χ1n) is 5.87. The summed E-state index contributed by atoms with van der Waals surface area (Å²) in [5.41, 5.74) is 8.34. The van der Waals surface area contributed by atoms with Gasteiger partial charge in [-0.05, 0) is 31.4 Å². The zero-order valence-electron chi connectivity index (χ0n) is 10.8. The van der Waals surface area contributed by atoms with Gasteiger partial charge in [0.05, 0.1) is 4.88 Å². The van der Waals surface area contributed by atoms with Gasteiger partial charge in [0.1, 0.15) is 11.5 Å². The Morgan fingerprint density at radius 1 is 1.41 bits per heavy atom. The molecule has 0 saturated heterocycles. The van der Waals surface area contributed by atoms with Crippen molar-refractivity contribution in [3.05, 3.63) is 22.6 Å². The average molecular weight is 249 g/mol. The molecule has 0 aliphatic heterocycles. The number of nitrogens with zero attached hydrogens (tertiary/aromatic N) is 2. The summed E-state index contributed by atoms with van der Waals surface area (Å²) in [4.78, 5) is 2.52. The first-order valence-corrected chi connectivity index (χ1v) is 6.69. The molecular weight excluding hydrogens is 230 g/mol. The third-order valence-corrected chi connectivity index (χ3v) is 3.79. The number of thiophene rings is 1. The number of anilines is 1. The second-order valence-corrected chi connectivity index (χ2v) is 6.13. The summed E-state index contributed by atoms with van der Waals surface area (Å²) in [5.74, 6) is 1.38. The second kappa shape index (κ2) is 4.53. The maximum absolute atomic E-state index is 6.10.